The van der Waals surface area contributed by atoms with Gasteiger partial charge in [-0.3, -0.25) is 9.69 Å². The standard InChI is InChI=1S/C27H38N2O2/c1-4-9-24(20-28-26(31)15-14-21-10-6-5-7-11-21)29-17-16-23(19-27(29,2)3)22-12-8-13-25(30)18-22/h5-8,10-13,18,23-24,30H,4,9,14-17,19-20H2,1-3H3,(H,28,31)/t23-,24?/m1/s1. The maximum Gasteiger partial charge on any atom is 0.220 e. The molecule has 0 spiro atoms. The summed E-state index contributed by atoms with van der Waals surface area (Å²) >= 11 is 0. The van der Waals surface area contributed by atoms with Crippen molar-refractivity contribution in [3.63, 3.8) is 0 Å². The van der Waals surface area contributed by atoms with Gasteiger partial charge in [0.1, 0.15) is 5.75 Å². The number of aromatic hydroxyl groups is 1. The molecule has 0 saturated carbocycles. The molecule has 0 radical (unpaired) electrons. The van der Waals surface area contributed by atoms with Crippen LogP contribution in [0.2, 0.25) is 0 Å². The maximum absolute atomic E-state index is 12.5. The molecule has 2 atom stereocenters. The van der Waals surface area contributed by atoms with Crippen LogP contribution in [-0.4, -0.2) is 40.6 Å². The number of phenols is 1. The normalized spacial score (nSPS) is 19.6. The van der Waals surface area contributed by atoms with E-state index in [-0.39, 0.29) is 11.4 Å². The van der Waals surface area contributed by atoms with E-state index in [0.29, 0.717) is 30.7 Å². The van der Waals surface area contributed by atoms with Crippen LogP contribution in [0, 0.1) is 0 Å². The summed E-state index contributed by atoms with van der Waals surface area (Å²) in [6.45, 7) is 8.58. The zero-order valence-electron chi connectivity index (χ0n) is 19.3. The topological polar surface area (TPSA) is 52.6 Å². The molecule has 1 aliphatic rings. The number of phenolic OH excluding ortho intramolecular Hbond substituents is 1. The van der Waals surface area contributed by atoms with Crippen molar-refractivity contribution in [1.29, 1.82) is 0 Å². The number of rotatable bonds is 9. The van der Waals surface area contributed by atoms with Gasteiger partial charge in [-0.15, -0.1) is 0 Å². The van der Waals surface area contributed by atoms with Crippen molar-refractivity contribution < 1.29 is 9.90 Å². The number of piperidine rings is 1. The van der Waals surface area contributed by atoms with E-state index < -0.39 is 0 Å². The number of nitrogens with one attached hydrogen (secondary N) is 1. The Morgan fingerprint density at radius 3 is 2.65 bits per heavy atom. The molecule has 168 valence electrons. The van der Waals surface area contributed by atoms with Crippen LogP contribution in [0.1, 0.15) is 69.9 Å². The average Bonchev–Trinajstić information content (AvgIpc) is 2.75. The summed E-state index contributed by atoms with van der Waals surface area (Å²) in [5, 5.41) is 13.1. The molecule has 3 rings (SSSR count). The largest absolute Gasteiger partial charge is 0.508 e. The van der Waals surface area contributed by atoms with Crippen molar-refractivity contribution >= 4 is 5.91 Å². The quantitative estimate of drug-likeness (QED) is 0.579. The van der Waals surface area contributed by atoms with Crippen molar-refractivity contribution in [3.05, 3.63) is 65.7 Å². The lowest BCUT2D eigenvalue weighted by molar-refractivity contribution is -0.121. The van der Waals surface area contributed by atoms with Crippen molar-refractivity contribution in [3.8, 4) is 5.75 Å². The summed E-state index contributed by atoms with van der Waals surface area (Å²) in [7, 11) is 0. The highest BCUT2D eigenvalue weighted by Crippen LogP contribution is 2.39. The van der Waals surface area contributed by atoms with E-state index in [1.54, 1.807) is 6.07 Å². The number of amides is 1. The third-order valence-electron chi connectivity index (χ3n) is 6.66. The smallest absolute Gasteiger partial charge is 0.220 e. The lowest BCUT2D eigenvalue weighted by atomic mass is 9.78. The second-order valence-electron chi connectivity index (χ2n) is 9.52. The van der Waals surface area contributed by atoms with Gasteiger partial charge in [0.2, 0.25) is 5.91 Å². The molecule has 1 fully saturated rings. The highest BCUT2D eigenvalue weighted by atomic mass is 16.3. The molecule has 0 aliphatic carbocycles. The van der Waals surface area contributed by atoms with Gasteiger partial charge < -0.3 is 10.4 Å². The molecule has 2 aromatic rings. The van der Waals surface area contributed by atoms with Crippen LogP contribution in [-0.2, 0) is 11.2 Å². The Labute approximate surface area is 187 Å². The highest BCUT2D eigenvalue weighted by Gasteiger charge is 2.38. The molecule has 4 nitrogen and oxygen atoms in total. The predicted octanol–water partition coefficient (Wildman–Crippen LogP) is 5.27. The first kappa shape index (κ1) is 23.3. The third kappa shape index (κ3) is 6.57. The summed E-state index contributed by atoms with van der Waals surface area (Å²) < 4.78 is 0. The van der Waals surface area contributed by atoms with Crippen LogP contribution in [0.5, 0.6) is 5.75 Å². The fourth-order valence-electron chi connectivity index (χ4n) is 5.08. The number of nitrogens with zero attached hydrogens (tertiary/aromatic N) is 1. The molecular weight excluding hydrogens is 384 g/mol. The van der Waals surface area contributed by atoms with E-state index in [0.717, 1.165) is 38.6 Å². The van der Waals surface area contributed by atoms with E-state index in [2.05, 4.69) is 49.2 Å². The van der Waals surface area contributed by atoms with Gasteiger partial charge in [-0.2, -0.15) is 0 Å². The van der Waals surface area contributed by atoms with Crippen LogP contribution in [0.4, 0.5) is 0 Å². The lowest BCUT2D eigenvalue weighted by Gasteiger charge is -2.50. The van der Waals surface area contributed by atoms with Gasteiger partial charge in [-0.1, -0.05) is 55.8 Å². The van der Waals surface area contributed by atoms with E-state index in [4.69, 9.17) is 0 Å². The minimum absolute atomic E-state index is 0.0446. The number of aryl methyl sites for hydroxylation is 1. The average molecular weight is 423 g/mol. The van der Waals surface area contributed by atoms with E-state index >= 15 is 0 Å². The molecule has 2 N–H and O–H groups in total. The van der Waals surface area contributed by atoms with Crippen LogP contribution in [0.15, 0.2) is 54.6 Å². The number of benzene rings is 2. The Hall–Kier alpha value is -2.33. The summed E-state index contributed by atoms with van der Waals surface area (Å²) in [6.07, 6.45) is 5.64. The SMILES string of the molecule is CCCC(CNC(=O)CCc1ccccc1)N1CC[C@@H](c2cccc(O)c2)CC1(C)C. The molecule has 31 heavy (non-hydrogen) atoms. The van der Waals surface area contributed by atoms with Crippen LogP contribution in [0.25, 0.3) is 0 Å². The van der Waals surface area contributed by atoms with Crippen LogP contribution < -0.4 is 5.32 Å². The minimum atomic E-state index is 0.0446. The summed E-state index contributed by atoms with van der Waals surface area (Å²) in [5.74, 6) is 0.943. The van der Waals surface area contributed by atoms with Gasteiger partial charge >= 0.3 is 0 Å². The lowest BCUT2D eigenvalue weighted by Crippen LogP contribution is -2.57. The van der Waals surface area contributed by atoms with E-state index in [1.807, 2.05) is 30.3 Å². The molecule has 1 aliphatic heterocycles. The molecule has 2 aromatic carbocycles. The van der Waals surface area contributed by atoms with Crippen molar-refractivity contribution in [1.82, 2.24) is 10.2 Å². The van der Waals surface area contributed by atoms with Gasteiger partial charge in [0.05, 0.1) is 0 Å². The summed E-state index contributed by atoms with van der Waals surface area (Å²) in [5.41, 5.74) is 2.48. The Morgan fingerprint density at radius 2 is 1.97 bits per heavy atom. The maximum atomic E-state index is 12.5. The summed E-state index contributed by atoms with van der Waals surface area (Å²) in [4.78, 5) is 15.1. The number of hydrogen-bond acceptors (Lipinski definition) is 3. The Morgan fingerprint density at radius 1 is 1.19 bits per heavy atom. The monoisotopic (exact) mass is 422 g/mol. The first-order valence-corrected chi connectivity index (χ1v) is 11.8. The Bertz CT molecular complexity index is 834. The van der Waals surface area contributed by atoms with Crippen molar-refractivity contribution in [2.24, 2.45) is 0 Å². The van der Waals surface area contributed by atoms with Gasteiger partial charge in [-0.25, -0.2) is 0 Å². The van der Waals surface area contributed by atoms with E-state index in [9.17, 15) is 9.90 Å². The van der Waals surface area contributed by atoms with Gasteiger partial charge in [0, 0.05) is 24.5 Å². The van der Waals surface area contributed by atoms with Gasteiger partial charge in [0.15, 0.2) is 0 Å². The van der Waals surface area contributed by atoms with E-state index in [1.165, 1.54) is 11.1 Å². The Balaban J connectivity index is 1.56. The number of likely N-dealkylation sites (tertiary alicyclic amines) is 1. The molecular formula is C27H38N2O2. The molecule has 4 heteroatoms. The first-order chi connectivity index (χ1) is 14.9. The fourth-order valence-corrected chi connectivity index (χ4v) is 5.08. The molecule has 1 saturated heterocycles. The zero-order valence-corrected chi connectivity index (χ0v) is 19.3. The minimum Gasteiger partial charge on any atom is -0.508 e. The van der Waals surface area contributed by atoms with Crippen LogP contribution in [0.3, 0.4) is 0 Å². The number of carbonyl (C=O) groups excluding carboxylic acids is 1. The number of carbonyl (C=O) groups is 1. The summed E-state index contributed by atoms with van der Waals surface area (Å²) in [6, 6.07) is 18.3. The second-order valence-corrected chi connectivity index (χ2v) is 9.52. The predicted molar refractivity (Wildman–Crippen MR) is 127 cm³/mol. The van der Waals surface area contributed by atoms with Gasteiger partial charge in [0.25, 0.3) is 0 Å². The molecule has 1 heterocycles. The second kappa shape index (κ2) is 10.8. The highest BCUT2D eigenvalue weighted by molar-refractivity contribution is 5.76. The van der Waals surface area contributed by atoms with Gasteiger partial charge in [-0.05, 0) is 75.3 Å². The molecule has 0 bridgehead atoms. The molecule has 1 amide bonds. The van der Waals surface area contributed by atoms with Crippen molar-refractivity contribution in [2.45, 2.75) is 76.8 Å². The molecule has 0 aromatic heterocycles. The number of hydrogen-bond donors (Lipinski definition) is 2. The zero-order chi connectivity index (χ0) is 22.3. The first-order valence-electron chi connectivity index (χ1n) is 11.8. The molecule has 1 unspecified atom stereocenters. The fraction of sp³-hybridized carbons (Fsp3) is 0.519. The third-order valence-corrected chi connectivity index (χ3v) is 6.66. The van der Waals surface area contributed by atoms with Crippen molar-refractivity contribution in [2.75, 3.05) is 13.1 Å². The van der Waals surface area contributed by atoms with Crippen LogP contribution >= 0.6 is 0 Å². The Kier molecular flexibility index (Phi) is 8.14.